The van der Waals surface area contributed by atoms with Gasteiger partial charge in [0.1, 0.15) is 0 Å². The van der Waals surface area contributed by atoms with Crippen molar-refractivity contribution in [3.05, 3.63) is 102 Å². The highest BCUT2D eigenvalue weighted by Gasteiger charge is 2.34. The van der Waals surface area contributed by atoms with E-state index in [1.165, 1.54) is 5.56 Å². The van der Waals surface area contributed by atoms with Crippen LogP contribution in [-0.2, 0) is 11.8 Å². The highest BCUT2D eigenvalue weighted by Crippen LogP contribution is 2.31. The Bertz CT molecular complexity index is 773. The zero-order valence-electron chi connectivity index (χ0n) is 15.3. The number of hydrogen-bond acceptors (Lipinski definition) is 2. The molecule has 0 unspecified atom stereocenters. The lowest BCUT2D eigenvalue weighted by atomic mass is 9.75. The van der Waals surface area contributed by atoms with Crippen molar-refractivity contribution in [2.24, 2.45) is 0 Å². The van der Waals surface area contributed by atoms with Crippen LogP contribution in [0.3, 0.4) is 0 Å². The Balaban J connectivity index is 1.75. The van der Waals surface area contributed by atoms with Gasteiger partial charge < -0.3 is 10.4 Å². The maximum Gasteiger partial charge on any atom is 0.0654 e. The van der Waals surface area contributed by atoms with Gasteiger partial charge in [0, 0.05) is 17.6 Å². The van der Waals surface area contributed by atoms with E-state index in [4.69, 9.17) is 0 Å². The third-order valence-corrected chi connectivity index (χ3v) is 5.15. The molecule has 0 heterocycles. The summed E-state index contributed by atoms with van der Waals surface area (Å²) in [7, 11) is 0. The van der Waals surface area contributed by atoms with Gasteiger partial charge in [-0.2, -0.15) is 0 Å². The van der Waals surface area contributed by atoms with Crippen molar-refractivity contribution in [3.63, 3.8) is 0 Å². The fraction of sp³-hybridized carbons (Fsp3) is 0.250. The number of para-hydroxylation sites is 1. The predicted octanol–water partition coefficient (Wildman–Crippen LogP) is 5.05. The zero-order valence-corrected chi connectivity index (χ0v) is 15.3. The Morgan fingerprint density at radius 1 is 0.808 bits per heavy atom. The topological polar surface area (TPSA) is 32.3 Å². The van der Waals surface area contributed by atoms with Crippen LogP contribution in [-0.4, -0.2) is 17.8 Å². The van der Waals surface area contributed by atoms with Crippen molar-refractivity contribution in [1.82, 2.24) is 0 Å². The first-order valence-corrected chi connectivity index (χ1v) is 9.25. The second-order valence-corrected chi connectivity index (χ2v) is 7.04. The molecule has 2 N–H and O–H groups in total. The van der Waals surface area contributed by atoms with Crippen molar-refractivity contribution >= 4 is 5.69 Å². The third kappa shape index (κ3) is 4.53. The average Bonchev–Trinajstić information content (AvgIpc) is 2.72. The molecule has 0 aliphatic heterocycles. The van der Waals surface area contributed by atoms with Gasteiger partial charge in [-0.3, -0.25) is 0 Å². The number of rotatable bonds is 8. The van der Waals surface area contributed by atoms with Crippen LogP contribution in [0.15, 0.2) is 91.0 Å². The van der Waals surface area contributed by atoms with E-state index in [1.54, 1.807) is 0 Å². The first-order chi connectivity index (χ1) is 12.7. The van der Waals surface area contributed by atoms with Gasteiger partial charge in [0.2, 0.25) is 0 Å². The minimum Gasteiger partial charge on any atom is -0.392 e. The molecular formula is C24H27NO. The highest BCUT2D eigenvalue weighted by molar-refractivity contribution is 5.44. The lowest BCUT2D eigenvalue weighted by molar-refractivity contribution is 0.0882. The predicted molar refractivity (Wildman–Crippen MR) is 109 cm³/mol. The van der Waals surface area contributed by atoms with Gasteiger partial charge in [-0.15, -0.1) is 0 Å². The van der Waals surface area contributed by atoms with Gasteiger partial charge in [0.15, 0.2) is 0 Å². The van der Waals surface area contributed by atoms with Gasteiger partial charge in [0.25, 0.3) is 0 Å². The highest BCUT2D eigenvalue weighted by atomic mass is 16.3. The molecule has 0 saturated carbocycles. The number of hydrogen-bond donors (Lipinski definition) is 2. The standard InChI is InChI=1S/C24H27NO/c1-24(21-13-7-3-8-14-21,19-25-22-15-9-4-10-16-22)23(26)18-17-20-11-5-2-6-12-20/h2-16,23,25-26H,17-19H2,1H3/t23-,24-/m0/s1. The number of aryl methyl sites for hydroxylation is 1. The van der Waals surface area contributed by atoms with E-state index in [0.717, 1.165) is 24.1 Å². The molecule has 0 aliphatic carbocycles. The molecule has 0 aromatic heterocycles. The molecule has 3 rings (SSSR count). The summed E-state index contributed by atoms with van der Waals surface area (Å²) in [5.41, 5.74) is 3.12. The molecule has 134 valence electrons. The average molecular weight is 345 g/mol. The lowest BCUT2D eigenvalue weighted by Gasteiger charge is -2.36. The van der Waals surface area contributed by atoms with Gasteiger partial charge >= 0.3 is 0 Å². The normalized spacial score (nSPS) is 14.4. The fourth-order valence-electron chi connectivity index (χ4n) is 3.34. The lowest BCUT2D eigenvalue weighted by Crippen LogP contribution is -2.43. The quantitative estimate of drug-likeness (QED) is 0.599. The zero-order chi connectivity index (χ0) is 18.2. The molecule has 2 nitrogen and oxygen atoms in total. The number of aliphatic hydroxyl groups is 1. The first-order valence-electron chi connectivity index (χ1n) is 9.25. The van der Waals surface area contributed by atoms with Crippen molar-refractivity contribution in [2.75, 3.05) is 11.9 Å². The molecule has 0 aliphatic rings. The second kappa shape index (κ2) is 8.68. The van der Waals surface area contributed by atoms with Crippen LogP contribution in [0.1, 0.15) is 24.5 Å². The maximum atomic E-state index is 11.1. The van der Waals surface area contributed by atoms with Crippen LogP contribution < -0.4 is 5.32 Å². The van der Waals surface area contributed by atoms with E-state index in [9.17, 15) is 5.11 Å². The van der Waals surface area contributed by atoms with E-state index in [1.807, 2.05) is 42.5 Å². The Labute approximate surface area is 156 Å². The minimum absolute atomic E-state index is 0.369. The molecule has 2 atom stereocenters. The second-order valence-electron chi connectivity index (χ2n) is 7.04. The van der Waals surface area contributed by atoms with Crippen molar-refractivity contribution in [2.45, 2.75) is 31.3 Å². The SMILES string of the molecule is C[C@](CNc1ccccc1)(c1ccccc1)[C@@H](O)CCc1ccccc1. The fourth-order valence-corrected chi connectivity index (χ4v) is 3.34. The van der Waals surface area contributed by atoms with Crippen LogP contribution in [0.4, 0.5) is 5.69 Å². The van der Waals surface area contributed by atoms with Crippen LogP contribution in [0.25, 0.3) is 0 Å². The Morgan fingerprint density at radius 3 is 1.96 bits per heavy atom. The van der Waals surface area contributed by atoms with Crippen molar-refractivity contribution < 1.29 is 5.11 Å². The summed E-state index contributed by atoms with van der Waals surface area (Å²) in [5, 5.41) is 14.6. The van der Waals surface area contributed by atoms with Crippen molar-refractivity contribution in [3.8, 4) is 0 Å². The van der Waals surface area contributed by atoms with E-state index >= 15 is 0 Å². The van der Waals surface area contributed by atoms with E-state index < -0.39 is 6.10 Å². The molecule has 0 bridgehead atoms. The Kier molecular flexibility index (Phi) is 6.08. The maximum absolute atomic E-state index is 11.1. The van der Waals surface area contributed by atoms with Gasteiger partial charge in [-0.25, -0.2) is 0 Å². The molecule has 0 saturated heterocycles. The first kappa shape index (κ1) is 18.2. The summed E-state index contributed by atoms with van der Waals surface area (Å²) in [6.07, 6.45) is 1.16. The van der Waals surface area contributed by atoms with Crippen LogP contribution in [0, 0.1) is 0 Å². The molecule has 0 fully saturated rings. The summed E-state index contributed by atoms with van der Waals surface area (Å²) in [6, 6.07) is 30.9. The molecule has 0 amide bonds. The molecular weight excluding hydrogens is 318 g/mol. The summed E-state index contributed by atoms with van der Waals surface area (Å²) in [5.74, 6) is 0. The van der Waals surface area contributed by atoms with E-state index in [0.29, 0.717) is 6.54 Å². The molecule has 0 spiro atoms. The van der Waals surface area contributed by atoms with Crippen LogP contribution >= 0.6 is 0 Å². The molecule has 2 heteroatoms. The van der Waals surface area contributed by atoms with Crippen LogP contribution in [0.2, 0.25) is 0 Å². The molecule has 0 radical (unpaired) electrons. The Hall–Kier alpha value is -2.58. The number of aliphatic hydroxyl groups excluding tert-OH is 1. The monoisotopic (exact) mass is 345 g/mol. The smallest absolute Gasteiger partial charge is 0.0654 e. The van der Waals surface area contributed by atoms with Gasteiger partial charge in [-0.05, 0) is 36.1 Å². The van der Waals surface area contributed by atoms with E-state index in [2.05, 4.69) is 60.8 Å². The Morgan fingerprint density at radius 2 is 1.35 bits per heavy atom. The molecule has 26 heavy (non-hydrogen) atoms. The summed E-state index contributed by atoms with van der Waals surface area (Å²) in [4.78, 5) is 0. The summed E-state index contributed by atoms with van der Waals surface area (Å²) < 4.78 is 0. The number of nitrogens with one attached hydrogen (secondary N) is 1. The summed E-state index contributed by atoms with van der Waals surface area (Å²) in [6.45, 7) is 2.82. The number of anilines is 1. The largest absolute Gasteiger partial charge is 0.392 e. The summed E-state index contributed by atoms with van der Waals surface area (Å²) >= 11 is 0. The molecule has 3 aromatic carbocycles. The number of benzene rings is 3. The molecule has 3 aromatic rings. The van der Waals surface area contributed by atoms with Crippen LogP contribution in [0.5, 0.6) is 0 Å². The van der Waals surface area contributed by atoms with E-state index in [-0.39, 0.29) is 5.41 Å². The minimum atomic E-state index is -0.443. The van der Waals surface area contributed by atoms with Crippen molar-refractivity contribution in [1.29, 1.82) is 0 Å². The van der Waals surface area contributed by atoms with Gasteiger partial charge in [0.05, 0.1) is 6.10 Å². The third-order valence-electron chi connectivity index (χ3n) is 5.15. The van der Waals surface area contributed by atoms with Gasteiger partial charge in [-0.1, -0.05) is 85.8 Å².